The van der Waals surface area contributed by atoms with E-state index >= 15 is 0 Å². The van der Waals surface area contributed by atoms with Crippen LogP contribution in [-0.4, -0.2) is 4.43 Å². The minimum atomic E-state index is 0.757. The third-order valence-corrected chi connectivity index (χ3v) is 1.98. The van der Waals surface area contributed by atoms with Gasteiger partial charge >= 0.3 is 0 Å². The molecule has 0 heterocycles. The Balaban J connectivity index is 2.85. The van der Waals surface area contributed by atoms with Gasteiger partial charge in [0.15, 0.2) is 0 Å². The van der Waals surface area contributed by atoms with Gasteiger partial charge in [-0.05, 0) is 24.1 Å². The first-order valence-corrected chi connectivity index (χ1v) is 4.94. The van der Waals surface area contributed by atoms with E-state index in [-0.39, 0.29) is 0 Å². The highest BCUT2D eigenvalue weighted by atomic mass is 127. The fraction of sp³-hybridized carbons (Fsp3) is 0.222. The molecule has 0 unspecified atom stereocenters. The zero-order valence-corrected chi connectivity index (χ0v) is 8.21. The van der Waals surface area contributed by atoms with E-state index in [1.54, 1.807) is 0 Å². The Morgan fingerprint density at radius 2 is 2.27 bits per heavy atom. The van der Waals surface area contributed by atoms with Gasteiger partial charge in [-0.2, -0.15) is 5.26 Å². The molecule has 0 fully saturated rings. The van der Waals surface area contributed by atoms with Crippen LogP contribution in [0.4, 0.5) is 0 Å². The number of nitriles is 1. The molecule has 0 bridgehead atoms. The van der Waals surface area contributed by atoms with E-state index in [1.807, 2.05) is 18.2 Å². The van der Waals surface area contributed by atoms with Crippen molar-refractivity contribution >= 4 is 22.6 Å². The van der Waals surface area contributed by atoms with Gasteiger partial charge in [-0.1, -0.05) is 34.7 Å². The average Bonchev–Trinajstić information content (AvgIpc) is 2.06. The van der Waals surface area contributed by atoms with Crippen molar-refractivity contribution in [2.24, 2.45) is 0 Å². The molecule has 0 aromatic heterocycles. The Labute approximate surface area is 80.2 Å². The summed E-state index contributed by atoms with van der Waals surface area (Å²) in [5.74, 6) is 0. The van der Waals surface area contributed by atoms with Crippen molar-refractivity contribution in [2.75, 3.05) is 4.43 Å². The zero-order chi connectivity index (χ0) is 8.10. The van der Waals surface area contributed by atoms with E-state index in [2.05, 4.69) is 34.7 Å². The summed E-state index contributed by atoms with van der Waals surface area (Å²) in [6, 6.07) is 9.88. The Morgan fingerprint density at radius 3 is 2.91 bits per heavy atom. The molecular formula is C9H8IN. The second-order valence-electron chi connectivity index (χ2n) is 2.25. The number of rotatable bonds is 2. The first kappa shape index (κ1) is 8.54. The monoisotopic (exact) mass is 257 g/mol. The van der Waals surface area contributed by atoms with Gasteiger partial charge in [0.25, 0.3) is 0 Å². The first-order chi connectivity index (χ1) is 5.36. The number of nitrogens with zero attached hydrogens (tertiary/aromatic N) is 1. The summed E-state index contributed by atoms with van der Waals surface area (Å²) in [7, 11) is 0. The third kappa shape index (κ3) is 2.51. The Bertz CT molecular complexity index is 275. The van der Waals surface area contributed by atoms with E-state index < -0.39 is 0 Å². The van der Waals surface area contributed by atoms with Gasteiger partial charge in [0, 0.05) is 4.43 Å². The van der Waals surface area contributed by atoms with E-state index in [9.17, 15) is 0 Å². The number of hydrogen-bond donors (Lipinski definition) is 0. The fourth-order valence-electron chi connectivity index (χ4n) is 0.905. The smallest absolute Gasteiger partial charge is 0.0991 e. The van der Waals surface area contributed by atoms with Crippen LogP contribution in [0.15, 0.2) is 24.3 Å². The second-order valence-corrected chi connectivity index (χ2v) is 3.33. The van der Waals surface area contributed by atoms with Gasteiger partial charge in [-0.25, -0.2) is 0 Å². The lowest BCUT2D eigenvalue weighted by molar-refractivity contribution is 1.18. The van der Waals surface area contributed by atoms with Gasteiger partial charge in [0.1, 0.15) is 0 Å². The summed E-state index contributed by atoms with van der Waals surface area (Å²) in [4.78, 5) is 0. The maximum atomic E-state index is 8.58. The van der Waals surface area contributed by atoms with Crippen LogP contribution in [-0.2, 0) is 6.42 Å². The number of benzene rings is 1. The van der Waals surface area contributed by atoms with Gasteiger partial charge in [-0.3, -0.25) is 0 Å². The van der Waals surface area contributed by atoms with Crippen LogP contribution in [0, 0.1) is 11.3 Å². The fourth-order valence-corrected chi connectivity index (χ4v) is 1.53. The number of halogens is 1. The van der Waals surface area contributed by atoms with E-state index in [0.717, 1.165) is 16.4 Å². The van der Waals surface area contributed by atoms with Crippen molar-refractivity contribution < 1.29 is 0 Å². The lowest BCUT2D eigenvalue weighted by atomic mass is 10.1. The van der Waals surface area contributed by atoms with E-state index in [1.165, 1.54) is 5.56 Å². The quantitative estimate of drug-likeness (QED) is 0.590. The minimum absolute atomic E-state index is 0.757. The van der Waals surface area contributed by atoms with E-state index in [4.69, 9.17) is 5.26 Å². The molecule has 1 aromatic carbocycles. The minimum Gasteiger partial charge on any atom is -0.192 e. The van der Waals surface area contributed by atoms with Crippen LogP contribution in [0.1, 0.15) is 11.1 Å². The average molecular weight is 257 g/mol. The predicted octanol–water partition coefficient (Wildman–Crippen LogP) is 2.54. The Kier molecular flexibility index (Phi) is 3.37. The van der Waals surface area contributed by atoms with Gasteiger partial charge in [0.2, 0.25) is 0 Å². The molecule has 56 valence electrons. The summed E-state index contributed by atoms with van der Waals surface area (Å²) in [5.41, 5.74) is 2.01. The van der Waals surface area contributed by atoms with E-state index in [0.29, 0.717) is 0 Å². The highest BCUT2D eigenvalue weighted by Crippen LogP contribution is 2.05. The standard InChI is InChI=1S/C9H8IN/c10-5-4-8-2-1-3-9(6-8)7-11/h1-3,6H,4-5H2. The van der Waals surface area contributed by atoms with Crippen LogP contribution in [0.25, 0.3) is 0 Å². The SMILES string of the molecule is N#Cc1cccc(CCI)c1. The summed E-state index contributed by atoms with van der Waals surface area (Å²) in [6.45, 7) is 0. The molecular weight excluding hydrogens is 249 g/mol. The van der Waals surface area contributed by atoms with Crippen molar-refractivity contribution in [3.63, 3.8) is 0 Å². The molecule has 2 heteroatoms. The van der Waals surface area contributed by atoms with Crippen molar-refractivity contribution in [2.45, 2.75) is 6.42 Å². The number of aryl methyl sites for hydroxylation is 1. The molecule has 0 aliphatic rings. The number of hydrogen-bond acceptors (Lipinski definition) is 1. The van der Waals surface area contributed by atoms with Crippen LogP contribution >= 0.6 is 22.6 Å². The maximum Gasteiger partial charge on any atom is 0.0991 e. The van der Waals surface area contributed by atoms with Crippen molar-refractivity contribution in [3.8, 4) is 6.07 Å². The molecule has 0 spiro atoms. The van der Waals surface area contributed by atoms with Crippen molar-refractivity contribution in [1.82, 2.24) is 0 Å². The molecule has 0 amide bonds. The summed E-state index contributed by atoms with van der Waals surface area (Å²) >= 11 is 2.33. The molecule has 0 radical (unpaired) electrons. The Morgan fingerprint density at radius 1 is 1.45 bits per heavy atom. The molecule has 1 aromatic rings. The molecule has 0 aliphatic carbocycles. The largest absolute Gasteiger partial charge is 0.192 e. The van der Waals surface area contributed by atoms with Crippen molar-refractivity contribution in [1.29, 1.82) is 5.26 Å². The molecule has 1 nitrogen and oxygen atoms in total. The number of alkyl halides is 1. The lowest BCUT2D eigenvalue weighted by Crippen LogP contribution is -1.85. The first-order valence-electron chi connectivity index (χ1n) is 3.42. The van der Waals surface area contributed by atoms with Crippen LogP contribution in [0.2, 0.25) is 0 Å². The molecule has 0 N–H and O–H groups in total. The molecule has 0 aliphatic heterocycles. The zero-order valence-electron chi connectivity index (χ0n) is 6.05. The summed E-state index contributed by atoms with van der Waals surface area (Å²) in [5, 5.41) is 8.58. The topological polar surface area (TPSA) is 23.8 Å². The maximum absolute atomic E-state index is 8.58. The van der Waals surface area contributed by atoms with Crippen LogP contribution in [0.5, 0.6) is 0 Å². The highest BCUT2D eigenvalue weighted by molar-refractivity contribution is 14.1. The van der Waals surface area contributed by atoms with Gasteiger partial charge in [0.05, 0.1) is 11.6 Å². The summed E-state index contributed by atoms with van der Waals surface area (Å²) < 4.78 is 1.10. The molecule has 11 heavy (non-hydrogen) atoms. The lowest BCUT2D eigenvalue weighted by Gasteiger charge is -1.96. The second kappa shape index (κ2) is 4.35. The molecule has 1 rings (SSSR count). The van der Waals surface area contributed by atoms with Crippen LogP contribution in [0.3, 0.4) is 0 Å². The van der Waals surface area contributed by atoms with Gasteiger partial charge < -0.3 is 0 Å². The summed E-state index contributed by atoms with van der Waals surface area (Å²) in [6.07, 6.45) is 1.05. The van der Waals surface area contributed by atoms with Gasteiger partial charge in [-0.15, -0.1) is 0 Å². The van der Waals surface area contributed by atoms with Crippen LogP contribution < -0.4 is 0 Å². The van der Waals surface area contributed by atoms with Crippen molar-refractivity contribution in [3.05, 3.63) is 35.4 Å². The molecule has 0 saturated heterocycles. The molecule has 0 saturated carbocycles. The third-order valence-electron chi connectivity index (χ3n) is 1.44. The Hall–Kier alpha value is -0.560. The highest BCUT2D eigenvalue weighted by Gasteiger charge is 1.92. The predicted molar refractivity (Wildman–Crippen MR) is 53.7 cm³/mol. The normalized spacial score (nSPS) is 9.09. The molecule has 0 atom stereocenters.